The zero-order valence-electron chi connectivity index (χ0n) is 13.4. The number of esters is 1. The molecule has 2 saturated carbocycles. The molecule has 3 aliphatic rings. The molecule has 23 heavy (non-hydrogen) atoms. The summed E-state index contributed by atoms with van der Waals surface area (Å²) in [6, 6.07) is -0.163. The highest BCUT2D eigenvalue weighted by atomic mass is 32.2. The largest absolute Gasteiger partial charge is 0.455 e. The van der Waals surface area contributed by atoms with Crippen molar-refractivity contribution in [2.75, 3.05) is 18.1 Å². The maximum absolute atomic E-state index is 12.6. The minimum Gasteiger partial charge on any atom is -0.455 e. The van der Waals surface area contributed by atoms with E-state index in [1.807, 2.05) is 0 Å². The van der Waals surface area contributed by atoms with E-state index in [4.69, 9.17) is 4.74 Å². The van der Waals surface area contributed by atoms with Gasteiger partial charge in [0.15, 0.2) is 16.4 Å². The fraction of sp³-hybridized carbons (Fsp3) is 0.875. The molecular formula is C16H25NO5S. The summed E-state index contributed by atoms with van der Waals surface area (Å²) in [7, 11) is -3.05. The first-order chi connectivity index (χ1) is 11.0. The molecule has 0 bridgehead atoms. The second kappa shape index (κ2) is 6.79. The highest BCUT2D eigenvalue weighted by Gasteiger charge is 2.39. The fourth-order valence-corrected chi connectivity index (χ4v) is 5.42. The molecule has 3 fully saturated rings. The Morgan fingerprint density at radius 1 is 0.957 bits per heavy atom. The number of carbonyl (C=O) groups excluding carboxylic acids is 2. The monoisotopic (exact) mass is 343 g/mol. The number of nitrogens with zero attached hydrogens (tertiary/aromatic N) is 1. The molecule has 1 amide bonds. The molecule has 1 saturated heterocycles. The van der Waals surface area contributed by atoms with E-state index in [0.29, 0.717) is 6.42 Å². The van der Waals surface area contributed by atoms with Gasteiger partial charge in [0.1, 0.15) is 0 Å². The first kappa shape index (κ1) is 16.7. The molecular weight excluding hydrogens is 318 g/mol. The topological polar surface area (TPSA) is 80.8 Å². The first-order valence-electron chi connectivity index (χ1n) is 8.64. The van der Waals surface area contributed by atoms with Crippen LogP contribution >= 0.6 is 0 Å². The Bertz CT molecular complexity index is 563. The average Bonchev–Trinajstić information content (AvgIpc) is 3.31. The number of rotatable bonds is 5. The van der Waals surface area contributed by atoms with Gasteiger partial charge in [-0.1, -0.05) is 19.3 Å². The van der Waals surface area contributed by atoms with Crippen molar-refractivity contribution in [3.05, 3.63) is 0 Å². The van der Waals surface area contributed by atoms with Crippen molar-refractivity contribution < 1.29 is 22.7 Å². The minimum atomic E-state index is -3.05. The van der Waals surface area contributed by atoms with Gasteiger partial charge in [-0.2, -0.15) is 0 Å². The summed E-state index contributed by atoms with van der Waals surface area (Å²) in [5.74, 6) is -0.353. The van der Waals surface area contributed by atoms with Crippen LogP contribution in [0.3, 0.4) is 0 Å². The molecule has 130 valence electrons. The molecule has 3 rings (SSSR count). The van der Waals surface area contributed by atoms with Gasteiger partial charge in [-0.05, 0) is 32.1 Å². The summed E-state index contributed by atoms with van der Waals surface area (Å²) in [5.41, 5.74) is 0. The van der Waals surface area contributed by atoms with Crippen molar-refractivity contribution in [1.29, 1.82) is 0 Å². The molecule has 0 unspecified atom stereocenters. The molecule has 1 atom stereocenters. The Hall–Kier alpha value is -1.11. The summed E-state index contributed by atoms with van der Waals surface area (Å²) in [4.78, 5) is 26.0. The van der Waals surface area contributed by atoms with E-state index in [-0.39, 0.29) is 48.0 Å². The van der Waals surface area contributed by atoms with Crippen molar-refractivity contribution in [3.63, 3.8) is 0 Å². The molecule has 0 aromatic rings. The van der Waals surface area contributed by atoms with Crippen LogP contribution in [0.1, 0.15) is 51.4 Å². The third kappa shape index (κ3) is 4.25. The van der Waals surface area contributed by atoms with Crippen molar-refractivity contribution in [3.8, 4) is 0 Å². The van der Waals surface area contributed by atoms with Crippen LogP contribution in [0.5, 0.6) is 0 Å². The molecule has 0 aromatic heterocycles. The number of hydrogen-bond acceptors (Lipinski definition) is 5. The second-order valence-electron chi connectivity index (χ2n) is 7.03. The predicted molar refractivity (Wildman–Crippen MR) is 84.5 cm³/mol. The van der Waals surface area contributed by atoms with E-state index in [9.17, 15) is 18.0 Å². The van der Waals surface area contributed by atoms with Gasteiger partial charge < -0.3 is 9.64 Å². The lowest BCUT2D eigenvalue weighted by Crippen LogP contribution is -2.50. The third-order valence-corrected chi connectivity index (χ3v) is 6.86. The lowest BCUT2D eigenvalue weighted by Gasteiger charge is -2.38. The summed E-state index contributed by atoms with van der Waals surface area (Å²) in [6.07, 6.45) is 7.32. The van der Waals surface area contributed by atoms with Gasteiger partial charge in [-0.3, -0.25) is 9.59 Å². The summed E-state index contributed by atoms with van der Waals surface area (Å²) in [6.45, 7) is -0.248. The van der Waals surface area contributed by atoms with Crippen LogP contribution in [0, 0.1) is 5.92 Å². The van der Waals surface area contributed by atoms with Crippen molar-refractivity contribution >= 4 is 21.7 Å². The molecule has 7 heteroatoms. The molecule has 1 aliphatic heterocycles. The highest BCUT2D eigenvalue weighted by molar-refractivity contribution is 7.91. The Kier molecular flexibility index (Phi) is 4.94. The number of ether oxygens (including phenoxy) is 1. The number of sulfone groups is 1. The zero-order valence-corrected chi connectivity index (χ0v) is 14.2. The molecule has 2 aliphatic carbocycles. The maximum atomic E-state index is 12.6. The quantitative estimate of drug-likeness (QED) is 0.703. The van der Waals surface area contributed by atoms with Crippen LogP contribution in [-0.2, 0) is 24.2 Å². The average molecular weight is 343 g/mol. The van der Waals surface area contributed by atoms with Crippen molar-refractivity contribution in [2.45, 2.75) is 63.5 Å². The van der Waals surface area contributed by atoms with E-state index in [2.05, 4.69) is 0 Å². The van der Waals surface area contributed by atoms with E-state index in [1.54, 1.807) is 4.90 Å². The predicted octanol–water partition coefficient (Wildman–Crippen LogP) is 1.29. The highest BCUT2D eigenvalue weighted by Crippen LogP contribution is 2.31. The molecule has 0 spiro atoms. The first-order valence-corrected chi connectivity index (χ1v) is 10.5. The Morgan fingerprint density at radius 2 is 1.65 bits per heavy atom. The lowest BCUT2D eigenvalue weighted by atomic mass is 9.93. The van der Waals surface area contributed by atoms with Gasteiger partial charge in [-0.25, -0.2) is 8.42 Å². The lowest BCUT2D eigenvalue weighted by molar-refractivity contribution is -0.155. The normalized spacial score (nSPS) is 27.6. The van der Waals surface area contributed by atoms with Gasteiger partial charge in [0, 0.05) is 12.1 Å². The molecule has 6 nitrogen and oxygen atoms in total. The number of amides is 1. The van der Waals surface area contributed by atoms with Gasteiger partial charge in [0.05, 0.1) is 17.4 Å². The fourth-order valence-electron chi connectivity index (χ4n) is 3.70. The van der Waals surface area contributed by atoms with Crippen LogP contribution in [0.15, 0.2) is 0 Å². The zero-order chi connectivity index (χ0) is 16.4. The van der Waals surface area contributed by atoms with Gasteiger partial charge in [-0.15, -0.1) is 0 Å². The van der Waals surface area contributed by atoms with E-state index in [1.165, 1.54) is 0 Å². The van der Waals surface area contributed by atoms with Gasteiger partial charge >= 0.3 is 5.97 Å². The molecule has 0 aromatic carbocycles. The second-order valence-corrected chi connectivity index (χ2v) is 9.26. The summed E-state index contributed by atoms with van der Waals surface area (Å²) in [5, 5.41) is 0. The van der Waals surface area contributed by atoms with Crippen molar-refractivity contribution in [2.24, 2.45) is 5.92 Å². The SMILES string of the molecule is O=C(OCC(=O)N(C1CCCCC1)[C@@H]1CCS(=O)(=O)C1)C1CC1. The van der Waals surface area contributed by atoms with E-state index in [0.717, 1.165) is 44.9 Å². The van der Waals surface area contributed by atoms with E-state index >= 15 is 0 Å². The van der Waals surface area contributed by atoms with E-state index < -0.39 is 9.84 Å². The third-order valence-electron chi connectivity index (χ3n) is 5.11. The van der Waals surface area contributed by atoms with Crippen LogP contribution in [0.4, 0.5) is 0 Å². The van der Waals surface area contributed by atoms with Crippen LogP contribution in [0.2, 0.25) is 0 Å². The minimum absolute atomic E-state index is 0.0298. The number of hydrogen-bond donors (Lipinski definition) is 0. The van der Waals surface area contributed by atoms with Crippen molar-refractivity contribution in [1.82, 2.24) is 4.90 Å². The summed E-state index contributed by atoms with van der Waals surface area (Å²) >= 11 is 0. The smallest absolute Gasteiger partial charge is 0.309 e. The Labute approximate surface area is 137 Å². The van der Waals surface area contributed by atoms with Crippen LogP contribution in [0.25, 0.3) is 0 Å². The molecule has 0 N–H and O–H groups in total. The Balaban J connectivity index is 1.65. The van der Waals surface area contributed by atoms with Crippen LogP contribution in [-0.4, -0.2) is 55.4 Å². The Morgan fingerprint density at radius 3 is 2.22 bits per heavy atom. The molecule has 0 radical (unpaired) electrons. The summed E-state index contributed by atoms with van der Waals surface area (Å²) < 4.78 is 28.7. The standard InChI is InChI=1S/C16H25NO5S/c18-15(10-22-16(19)12-6-7-12)17(13-4-2-1-3-5-13)14-8-9-23(20,21)11-14/h12-14H,1-11H2/t14-/m1/s1. The molecule has 1 heterocycles. The van der Waals surface area contributed by atoms with Gasteiger partial charge in [0.25, 0.3) is 5.91 Å². The van der Waals surface area contributed by atoms with Crippen LogP contribution < -0.4 is 0 Å². The number of carbonyl (C=O) groups is 2. The van der Waals surface area contributed by atoms with Gasteiger partial charge in [0.2, 0.25) is 0 Å². The maximum Gasteiger partial charge on any atom is 0.309 e.